The van der Waals surface area contributed by atoms with Gasteiger partial charge in [-0.15, -0.1) is 0 Å². The second-order valence-electron chi connectivity index (χ2n) is 7.27. The molecule has 0 spiro atoms. The lowest BCUT2D eigenvalue weighted by Gasteiger charge is -2.22. The quantitative estimate of drug-likeness (QED) is 0.921. The summed E-state index contributed by atoms with van der Waals surface area (Å²) in [4.78, 5) is 13.3. The summed E-state index contributed by atoms with van der Waals surface area (Å²) < 4.78 is 0. The van der Waals surface area contributed by atoms with Crippen molar-refractivity contribution in [2.45, 2.75) is 39.2 Å². The first kappa shape index (κ1) is 15.6. The molecule has 23 heavy (non-hydrogen) atoms. The Balaban J connectivity index is 1.79. The number of rotatable bonds is 3. The molecule has 0 saturated carbocycles. The molecule has 1 aliphatic rings. The molecule has 3 rings (SSSR count). The summed E-state index contributed by atoms with van der Waals surface area (Å²) in [6.07, 6.45) is 1.08. The zero-order valence-corrected chi connectivity index (χ0v) is 14.0. The van der Waals surface area contributed by atoms with Crippen molar-refractivity contribution in [3.63, 3.8) is 0 Å². The summed E-state index contributed by atoms with van der Waals surface area (Å²) in [5.41, 5.74) is 5.76. The normalized spacial score (nSPS) is 14.0. The minimum atomic E-state index is -0.877. The molecule has 0 amide bonds. The van der Waals surface area contributed by atoms with Gasteiger partial charge in [0.1, 0.15) is 0 Å². The van der Waals surface area contributed by atoms with E-state index in [1.54, 1.807) is 12.1 Å². The highest BCUT2D eigenvalue weighted by Crippen LogP contribution is 2.33. The van der Waals surface area contributed by atoms with Crippen LogP contribution in [-0.2, 0) is 18.4 Å². The highest BCUT2D eigenvalue weighted by Gasteiger charge is 2.22. The van der Waals surface area contributed by atoms with E-state index in [0.717, 1.165) is 25.1 Å². The summed E-state index contributed by atoms with van der Waals surface area (Å²) in [6, 6.07) is 14.0. The molecule has 0 atom stereocenters. The van der Waals surface area contributed by atoms with Gasteiger partial charge in [0.05, 0.1) is 5.56 Å². The van der Waals surface area contributed by atoms with Crippen molar-refractivity contribution < 1.29 is 9.90 Å². The van der Waals surface area contributed by atoms with E-state index >= 15 is 0 Å². The molecule has 0 bridgehead atoms. The van der Waals surface area contributed by atoms with Gasteiger partial charge in [-0.05, 0) is 46.7 Å². The number of fused-ring (bicyclic) bond motifs is 1. The van der Waals surface area contributed by atoms with E-state index in [4.69, 9.17) is 5.11 Å². The van der Waals surface area contributed by atoms with Gasteiger partial charge in [-0.1, -0.05) is 45.0 Å². The Kier molecular flexibility index (Phi) is 3.88. The summed E-state index contributed by atoms with van der Waals surface area (Å²) in [5, 5.41) is 8.97. The van der Waals surface area contributed by atoms with Gasteiger partial charge in [0.15, 0.2) is 0 Å². The number of carboxylic acid groups (broad SMARTS) is 1. The number of hydrogen-bond donors (Lipinski definition) is 1. The Morgan fingerprint density at radius 1 is 1.13 bits per heavy atom. The van der Waals surface area contributed by atoms with Gasteiger partial charge in [-0.25, -0.2) is 4.79 Å². The first-order chi connectivity index (χ1) is 10.8. The maximum absolute atomic E-state index is 10.9. The molecular weight excluding hydrogens is 286 g/mol. The standard InChI is InChI=1S/C20H23NO2/c1-20(2,3)17-8-9-18-16(12-17)10-11-21(18)13-14-4-6-15(7-5-14)19(22)23/h4-9,12H,10-11,13H2,1-3H3,(H,22,23). The van der Waals surface area contributed by atoms with E-state index in [0.29, 0.717) is 5.56 Å². The molecule has 120 valence electrons. The van der Waals surface area contributed by atoms with Crippen LogP contribution in [0.2, 0.25) is 0 Å². The lowest BCUT2D eigenvalue weighted by Crippen LogP contribution is -2.19. The van der Waals surface area contributed by atoms with Crippen LogP contribution in [0.15, 0.2) is 42.5 Å². The minimum absolute atomic E-state index is 0.176. The van der Waals surface area contributed by atoms with Crippen molar-refractivity contribution >= 4 is 11.7 Å². The Morgan fingerprint density at radius 2 is 1.83 bits per heavy atom. The molecule has 0 saturated heterocycles. The van der Waals surface area contributed by atoms with Crippen molar-refractivity contribution in [1.29, 1.82) is 0 Å². The molecule has 2 aromatic rings. The second-order valence-corrected chi connectivity index (χ2v) is 7.27. The second kappa shape index (κ2) is 5.73. The van der Waals surface area contributed by atoms with Crippen LogP contribution in [0.4, 0.5) is 5.69 Å². The fraction of sp³-hybridized carbons (Fsp3) is 0.350. The molecule has 0 radical (unpaired) electrons. The average molecular weight is 309 g/mol. The third-order valence-corrected chi connectivity index (χ3v) is 4.51. The number of aromatic carboxylic acids is 1. The number of anilines is 1. The zero-order chi connectivity index (χ0) is 16.6. The lowest BCUT2D eigenvalue weighted by molar-refractivity contribution is 0.0697. The van der Waals surface area contributed by atoms with Crippen molar-refractivity contribution in [2.24, 2.45) is 0 Å². The van der Waals surface area contributed by atoms with Crippen LogP contribution in [0.5, 0.6) is 0 Å². The van der Waals surface area contributed by atoms with Crippen LogP contribution >= 0.6 is 0 Å². The Bertz CT molecular complexity index is 726. The van der Waals surface area contributed by atoms with E-state index in [1.807, 2.05) is 12.1 Å². The molecule has 0 fully saturated rings. The van der Waals surface area contributed by atoms with Gasteiger partial charge in [0.2, 0.25) is 0 Å². The zero-order valence-electron chi connectivity index (χ0n) is 14.0. The van der Waals surface area contributed by atoms with Crippen molar-refractivity contribution in [1.82, 2.24) is 0 Å². The molecular formula is C20H23NO2. The smallest absolute Gasteiger partial charge is 0.335 e. The first-order valence-electron chi connectivity index (χ1n) is 8.05. The predicted molar refractivity (Wildman–Crippen MR) is 93.3 cm³/mol. The van der Waals surface area contributed by atoms with Gasteiger partial charge in [-0.2, -0.15) is 0 Å². The molecule has 3 nitrogen and oxygen atoms in total. The van der Waals surface area contributed by atoms with Gasteiger partial charge < -0.3 is 10.0 Å². The third kappa shape index (κ3) is 3.24. The molecule has 3 heteroatoms. The largest absolute Gasteiger partial charge is 0.478 e. The Morgan fingerprint density at radius 3 is 2.43 bits per heavy atom. The van der Waals surface area contributed by atoms with Crippen LogP contribution in [0.1, 0.15) is 47.8 Å². The van der Waals surface area contributed by atoms with Crippen LogP contribution in [0.25, 0.3) is 0 Å². The van der Waals surface area contributed by atoms with E-state index in [-0.39, 0.29) is 5.41 Å². The number of carboxylic acids is 1. The number of carbonyl (C=O) groups is 1. The summed E-state index contributed by atoms with van der Waals surface area (Å²) >= 11 is 0. The third-order valence-electron chi connectivity index (χ3n) is 4.51. The molecule has 0 unspecified atom stereocenters. The highest BCUT2D eigenvalue weighted by atomic mass is 16.4. The Hall–Kier alpha value is -2.29. The lowest BCUT2D eigenvalue weighted by atomic mass is 9.86. The number of benzene rings is 2. The van der Waals surface area contributed by atoms with Gasteiger partial charge >= 0.3 is 5.97 Å². The molecule has 0 aromatic heterocycles. The van der Waals surface area contributed by atoms with Crippen molar-refractivity contribution in [2.75, 3.05) is 11.4 Å². The highest BCUT2D eigenvalue weighted by molar-refractivity contribution is 5.87. The van der Waals surface area contributed by atoms with Gasteiger partial charge in [0.25, 0.3) is 0 Å². The first-order valence-corrected chi connectivity index (χ1v) is 8.05. The topological polar surface area (TPSA) is 40.5 Å². The summed E-state index contributed by atoms with van der Waals surface area (Å²) in [6.45, 7) is 8.56. The fourth-order valence-electron chi connectivity index (χ4n) is 3.07. The Labute approximate surface area is 137 Å². The maximum Gasteiger partial charge on any atom is 0.335 e. The molecule has 0 aliphatic carbocycles. The van der Waals surface area contributed by atoms with E-state index < -0.39 is 5.97 Å². The monoisotopic (exact) mass is 309 g/mol. The van der Waals surface area contributed by atoms with Crippen LogP contribution in [0.3, 0.4) is 0 Å². The van der Waals surface area contributed by atoms with Crippen LogP contribution < -0.4 is 4.90 Å². The molecule has 1 heterocycles. The SMILES string of the molecule is CC(C)(C)c1ccc2c(c1)CCN2Cc1ccc(C(=O)O)cc1. The molecule has 1 aliphatic heterocycles. The van der Waals surface area contributed by atoms with E-state index in [1.165, 1.54) is 16.8 Å². The van der Waals surface area contributed by atoms with Crippen LogP contribution in [0, 0.1) is 0 Å². The molecule has 1 N–H and O–H groups in total. The maximum atomic E-state index is 10.9. The van der Waals surface area contributed by atoms with E-state index in [2.05, 4.69) is 43.9 Å². The number of hydrogen-bond acceptors (Lipinski definition) is 2. The van der Waals surface area contributed by atoms with Gasteiger partial charge in [0, 0.05) is 18.8 Å². The predicted octanol–water partition coefficient (Wildman–Crippen LogP) is 4.25. The van der Waals surface area contributed by atoms with Gasteiger partial charge in [-0.3, -0.25) is 0 Å². The van der Waals surface area contributed by atoms with Crippen molar-refractivity contribution in [3.8, 4) is 0 Å². The summed E-state index contributed by atoms with van der Waals surface area (Å²) in [7, 11) is 0. The molecule has 2 aromatic carbocycles. The summed E-state index contributed by atoms with van der Waals surface area (Å²) in [5.74, 6) is -0.877. The van der Waals surface area contributed by atoms with Crippen molar-refractivity contribution in [3.05, 3.63) is 64.7 Å². The number of nitrogens with zero attached hydrogens (tertiary/aromatic N) is 1. The average Bonchev–Trinajstić information content (AvgIpc) is 2.89. The minimum Gasteiger partial charge on any atom is -0.478 e. The fourth-order valence-corrected chi connectivity index (χ4v) is 3.07. The van der Waals surface area contributed by atoms with Crippen LogP contribution in [-0.4, -0.2) is 17.6 Å². The van der Waals surface area contributed by atoms with E-state index in [9.17, 15) is 4.79 Å².